The Hall–Kier alpha value is -1.65. The molecule has 0 saturated heterocycles. The molecule has 37 heavy (non-hydrogen) atoms. The molecule has 0 radical (unpaired) electrons. The van der Waals surface area contributed by atoms with Gasteiger partial charge in [-0.25, -0.2) is 0 Å². The quantitative estimate of drug-likeness (QED) is 0.404. The van der Waals surface area contributed by atoms with Crippen LogP contribution in [0.1, 0.15) is 113 Å². The van der Waals surface area contributed by atoms with Gasteiger partial charge >= 0.3 is 11.9 Å². The van der Waals surface area contributed by atoms with E-state index in [2.05, 4.69) is 48.5 Å². The van der Waals surface area contributed by atoms with E-state index in [1.807, 2.05) is 6.08 Å². The lowest BCUT2D eigenvalue weighted by Gasteiger charge is -2.70. The summed E-state index contributed by atoms with van der Waals surface area (Å²) in [5.74, 6) is -0.565. The average molecular weight is 513 g/mol. The lowest BCUT2D eigenvalue weighted by atomic mass is 9.33. The zero-order valence-electron chi connectivity index (χ0n) is 24.3. The number of hydrogen-bond donors (Lipinski definition) is 1. The lowest BCUT2D eigenvalue weighted by molar-refractivity contribution is -0.211. The molecule has 0 unspecified atom stereocenters. The Labute approximate surface area is 223 Å². The van der Waals surface area contributed by atoms with E-state index in [-0.39, 0.29) is 62.7 Å². The van der Waals surface area contributed by atoms with Crippen molar-refractivity contribution in [1.29, 1.82) is 0 Å². The van der Waals surface area contributed by atoms with E-state index >= 15 is 0 Å². The van der Waals surface area contributed by atoms with Gasteiger partial charge in [0, 0.05) is 18.3 Å². The fraction of sp³-hybridized carbons (Fsp3) is 0.844. The van der Waals surface area contributed by atoms with E-state index in [4.69, 9.17) is 4.74 Å². The standard InChI is InChI=1S/C32H48O5/c1-19(33)37-24-10-11-29(6)23(28(24,4)5)9-12-31(8)25(29)22(34)17-20-21-18-27(2,3)13-15-32(21,26(35)36)16-14-30(20,31)7/h17,21,23-25H,9-16,18H2,1-8H3,(H,35,36)/t21-,23-,24-,25+,29-,30+,31+,32-/m0/s1. The summed E-state index contributed by atoms with van der Waals surface area (Å²) in [6, 6.07) is 0. The first-order valence-corrected chi connectivity index (χ1v) is 14.6. The highest BCUT2D eigenvalue weighted by Gasteiger charge is 2.71. The van der Waals surface area contributed by atoms with Crippen molar-refractivity contribution in [1.82, 2.24) is 0 Å². The number of carboxylic acids is 1. The van der Waals surface area contributed by atoms with Crippen molar-refractivity contribution in [3.05, 3.63) is 11.6 Å². The van der Waals surface area contributed by atoms with Gasteiger partial charge < -0.3 is 9.84 Å². The van der Waals surface area contributed by atoms with Crippen molar-refractivity contribution in [2.75, 3.05) is 0 Å². The number of carboxylic acid groups (broad SMARTS) is 1. The number of ether oxygens (including phenoxy) is 1. The number of carbonyl (C=O) groups excluding carboxylic acids is 2. The fourth-order valence-corrected chi connectivity index (χ4v) is 10.8. The minimum atomic E-state index is -0.741. The summed E-state index contributed by atoms with van der Waals surface area (Å²) in [5.41, 5.74) is -0.301. The topological polar surface area (TPSA) is 80.7 Å². The maximum Gasteiger partial charge on any atom is 0.310 e. The summed E-state index contributed by atoms with van der Waals surface area (Å²) in [7, 11) is 0. The summed E-state index contributed by atoms with van der Waals surface area (Å²) in [6.45, 7) is 17.5. The smallest absolute Gasteiger partial charge is 0.310 e. The molecule has 1 N–H and O–H groups in total. The van der Waals surface area contributed by atoms with Crippen LogP contribution in [0.5, 0.6) is 0 Å². The predicted octanol–water partition coefficient (Wildman–Crippen LogP) is 6.98. The highest BCUT2D eigenvalue weighted by molar-refractivity contribution is 5.96. The van der Waals surface area contributed by atoms with Crippen LogP contribution in [0, 0.1) is 50.2 Å². The van der Waals surface area contributed by atoms with E-state index in [0.29, 0.717) is 12.8 Å². The molecule has 0 aromatic rings. The van der Waals surface area contributed by atoms with Gasteiger partial charge in [0.15, 0.2) is 5.78 Å². The molecule has 0 bridgehead atoms. The van der Waals surface area contributed by atoms with Gasteiger partial charge in [-0.15, -0.1) is 0 Å². The predicted molar refractivity (Wildman–Crippen MR) is 143 cm³/mol. The van der Waals surface area contributed by atoms with E-state index in [1.54, 1.807) is 0 Å². The van der Waals surface area contributed by atoms with Crippen molar-refractivity contribution in [2.24, 2.45) is 50.2 Å². The zero-order chi connectivity index (χ0) is 27.4. The van der Waals surface area contributed by atoms with Gasteiger partial charge in [0.25, 0.3) is 0 Å². The molecule has 0 aromatic heterocycles. The first-order valence-electron chi connectivity index (χ1n) is 14.6. The first kappa shape index (κ1) is 26.9. The third-order valence-corrected chi connectivity index (χ3v) is 13.1. The number of carbonyl (C=O) groups is 3. The van der Waals surface area contributed by atoms with Crippen LogP contribution in [0.2, 0.25) is 0 Å². The Bertz CT molecular complexity index is 1070. The van der Waals surface area contributed by atoms with Crippen LogP contribution in [-0.2, 0) is 19.1 Å². The van der Waals surface area contributed by atoms with Gasteiger partial charge in [-0.3, -0.25) is 14.4 Å². The molecule has 0 heterocycles. The van der Waals surface area contributed by atoms with Gasteiger partial charge in [0.2, 0.25) is 0 Å². The molecule has 5 heteroatoms. The molecule has 0 amide bonds. The van der Waals surface area contributed by atoms with E-state index in [1.165, 1.54) is 6.92 Å². The maximum atomic E-state index is 14.4. The van der Waals surface area contributed by atoms with Crippen LogP contribution in [0.15, 0.2) is 11.6 Å². The summed E-state index contributed by atoms with van der Waals surface area (Å²) in [4.78, 5) is 39.1. The molecule has 0 aliphatic heterocycles. The Balaban J connectivity index is 1.60. The molecule has 4 fully saturated rings. The normalized spacial score (nSPS) is 47.9. The summed E-state index contributed by atoms with van der Waals surface area (Å²) in [5, 5.41) is 10.5. The van der Waals surface area contributed by atoms with Crippen molar-refractivity contribution < 1.29 is 24.2 Å². The number of fused-ring (bicyclic) bond motifs is 7. The van der Waals surface area contributed by atoms with Crippen LogP contribution in [0.3, 0.4) is 0 Å². The molecule has 8 atom stereocenters. The second-order valence-corrected chi connectivity index (χ2v) is 15.6. The van der Waals surface area contributed by atoms with Gasteiger partial charge in [-0.1, -0.05) is 54.0 Å². The van der Waals surface area contributed by atoms with Crippen molar-refractivity contribution >= 4 is 17.7 Å². The highest BCUT2D eigenvalue weighted by atomic mass is 16.5. The molecule has 5 aliphatic carbocycles. The molecule has 4 saturated carbocycles. The summed E-state index contributed by atoms with van der Waals surface area (Å²) in [6.07, 6.45) is 9.44. The monoisotopic (exact) mass is 512 g/mol. The minimum absolute atomic E-state index is 0.0732. The second-order valence-electron chi connectivity index (χ2n) is 15.6. The molecule has 5 rings (SSSR count). The van der Waals surface area contributed by atoms with E-state index in [0.717, 1.165) is 50.5 Å². The Morgan fingerprint density at radius 1 is 0.919 bits per heavy atom. The first-order chi connectivity index (χ1) is 16.9. The average Bonchev–Trinajstić information content (AvgIpc) is 2.76. The minimum Gasteiger partial charge on any atom is -0.481 e. The number of aliphatic carboxylic acids is 1. The molecular weight excluding hydrogens is 464 g/mol. The molecule has 5 aliphatic rings. The van der Waals surface area contributed by atoms with Gasteiger partial charge in [0.05, 0.1) is 5.41 Å². The van der Waals surface area contributed by atoms with E-state index in [9.17, 15) is 19.5 Å². The lowest BCUT2D eigenvalue weighted by Crippen LogP contribution is -2.67. The SMILES string of the molecule is CC(=O)O[C@H]1CC[C@]2(C)[C@H]3C(=O)C=C4[C@@H]5CC(C)(C)CC[C@]5(C(=O)O)CC[C@@]4(C)[C@]3(C)CC[C@H]2C1(C)C. The van der Waals surface area contributed by atoms with Gasteiger partial charge in [-0.05, 0) is 97.4 Å². The maximum absolute atomic E-state index is 14.4. The number of ketones is 1. The number of allylic oxidation sites excluding steroid dienone is 2. The summed E-state index contributed by atoms with van der Waals surface area (Å²) >= 11 is 0. The number of esters is 1. The Morgan fingerprint density at radius 2 is 1.57 bits per heavy atom. The second kappa shape index (κ2) is 7.94. The highest BCUT2D eigenvalue weighted by Crippen LogP contribution is 2.75. The van der Waals surface area contributed by atoms with Crippen LogP contribution < -0.4 is 0 Å². The van der Waals surface area contributed by atoms with E-state index < -0.39 is 11.4 Å². The van der Waals surface area contributed by atoms with Gasteiger partial charge in [-0.2, -0.15) is 0 Å². The third kappa shape index (κ3) is 3.43. The van der Waals surface area contributed by atoms with Crippen LogP contribution >= 0.6 is 0 Å². The largest absolute Gasteiger partial charge is 0.481 e. The third-order valence-electron chi connectivity index (χ3n) is 13.1. The number of rotatable bonds is 2. The Morgan fingerprint density at radius 3 is 2.19 bits per heavy atom. The molecule has 0 spiro atoms. The molecule has 206 valence electrons. The Kier molecular flexibility index (Phi) is 5.78. The zero-order valence-corrected chi connectivity index (χ0v) is 24.3. The van der Waals surface area contributed by atoms with Crippen molar-refractivity contribution in [3.63, 3.8) is 0 Å². The number of hydrogen-bond acceptors (Lipinski definition) is 4. The molecule has 0 aromatic carbocycles. The molecule has 5 nitrogen and oxygen atoms in total. The van der Waals surface area contributed by atoms with Crippen molar-refractivity contribution in [2.45, 2.75) is 119 Å². The van der Waals surface area contributed by atoms with Gasteiger partial charge in [0.1, 0.15) is 6.10 Å². The van der Waals surface area contributed by atoms with Crippen molar-refractivity contribution in [3.8, 4) is 0 Å². The van der Waals surface area contributed by atoms with Crippen LogP contribution in [0.25, 0.3) is 0 Å². The molecular formula is C32H48O5. The van der Waals surface area contributed by atoms with Crippen LogP contribution in [0.4, 0.5) is 0 Å². The van der Waals surface area contributed by atoms with Crippen LogP contribution in [-0.4, -0.2) is 28.9 Å². The summed E-state index contributed by atoms with van der Waals surface area (Å²) < 4.78 is 5.81. The fourth-order valence-electron chi connectivity index (χ4n) is 10.8.